The largest absolute Gasteiger partial charge is 0.481 e. The van der Waals surface area contributed by atoms with E-state index in [1.54, 1.807) is 19.1 Å². The van der Waals surface area contributed by atoms with Crippen molar-refractivity contribution in [2.24, 2.45) is 0 Å². The molecule has 2 aromatic carbocycles. The maximum atomic E-state index is 12.2. The normalized spacial score (nSPS) is 11.8. The highest BCUT2D eigenvalue weighted by Crippen LogP contribution is 2.19. The molecule has 0 fully saturated rings. The molecule has 0 aliphatic carbocycles. The van der Waals surface area contributed by atoms with Crippen LogP contribution in [-0.4, -0.2) is 12.0 Å². The molecular formula is C16H17IN2O2. The molecule has 0 saturated carbocycles. The van der Waals surface area contributed by atoms with E-state index in [1.807, 2.05) is 37.3 Å². The maximum absolute atomic E-state index is 12.2. The Morgan fingerprint density at radius 2 is 1.90 bits per heavy atom. The Morgan fingerprint density at radius 3 is 2.52 bits per heavy atom. The maximum Gasteiger partial charge on any atom is 0.265 e. The fourth-order valence-electron chi connectivity index (χ4n) is 1.83. The fourth-order valence-corrected chi connectivity index (χ4v) is 2.19. The second kappa shape index (κ2) is 6.80. The molecule has 1 atom stereocenters. The van der Waals surface area contributed by atoms with Crippen LogP contribution in [0.4, 0.5) is 11.4 Å². The van der Waals surface area contributed by atoms with E-state index in [4.69, 9.17) is 10.5 Å². The zero-order valence-electron chi connectivity index (χ0n) is 11.9. The smallest absolute Gasteiger partial charge is 0.265 e. The first-order valence-electron chi connectivity index (χ1n) is 6.55. The summed E-state index contributed by atoms with van der Waals surface area (Å²) in [5, 5.41) is 2.85. The molecule has 0 radical (unpaired) electrons. The second-order valence-electron chi connectivity index (χ2n) is 4.78. The van der Waals surface area contributed by atoms with E-state index in [2.05, 4.69) is 27.9 Å². The van der Waals surface area contributed by atoms with E-state index in [0.29, 0.717) is 11.4 Å². The van der Waals surface area contributed by atoms with Crippen molar-refractivity contribution in [2.45, 2.75) is 20.0 Å². The summed E-state index contributed by atoms with van der Waals surface area (Å²) in [5.74, 6) is 0.480. The van der Waals surface area contributed by atoms with Gasteiger partial charge in [-0.05, 0) is 84.5 Å². The van der Waals surface area contributed by atoms with Crippen LogP contribution in [0.3, 0.4) is 0 Å². The minimum absolute atomic E-state index is 0.193. The highest BCUT2D eigenvalue weighted by molar-refractivity contribution is 14.1. The molecule has 110 valence electrons. The Balaban J connectivity index is 2.00. The molecule has 21 heavy (non-hydrogen) atoms. The van der Waals surface area contributed by atoms with Crippen molar-refractivity contribution in [2.75, 3.05) is 11.1 Å². The molecule has 1 unspecified atom stereocenters. The second-order valence-corrected chi connectivity index (χ2v) is 6.02. The number of nitrogens with two attached hydrogens (primary N) is 1. The Morgan fingerprint density at radius 1 is 1.24 bits per heavy atom. The molecule has 3 N–H and O–H groups in total. The van der Waals surface area contributed by atoms with Gasteiger partial charge in [-0.3, -0.25) is 4.79 Å². The average molecular weight is 396 g/mol. The van der Waals surface area contributed by atoms with Crippen molar-refractivity contribution in [3.63, 3.8) is 0 Å². The number of halogens is 1. The molecule has 0 heterocycles. The molecule has 1 amide bonds. The lowest BCUT2D eigenvalue weighted by Gasteiger charge is -2.16. The van der Waals surface area contributed by atoms with E-state index in [-0.39, 0.29) is 5.91 Å². The van der Waals surface area contributed by atoms with Gasteiger partial charge in [0.2, 0.25) is 0 Å². The Kier molecular flexibility index (Phi) is 5.06. The Hall–Kier alpha value is -1.76. The first kappa shape index (κ1) is 15.6. The predicted molar refractivity (Wildman–Crippen MR) is 93.5 cm³/mol. The van der Waals surface area contributed by atoms with Gasteiger partial charge in [-0.2, -0.15) is 0 Å². The third-order valence-electron chi connectivity index (χ3n) is 3.00. The number of rotatable bonds is 4. The summed E-state index contributed by atoms with van der Waals surface area (Å²) in [5.41, 5.74) is 8.03. The van der Waals surface area contributed by atoms with Crippen molar-refractivity contribution >= 4 is 39.9 Å². The van der Waals surface area contributed by atoms with Crippen LogP contribution in [0.2, 0.25) is 0 Å². The summed E-state index contributed by atoms with van der Waals surface area (Å²) in [7, 11) is 0. The van der Waals surface area contributed by atoms with Crippen LogP contribution in [0.25, 0.3) is 0 Å². The third kappa shape index (κ3) is 4.35. The van der Waals surface area contributed by atoms with Crippen molar-refractivity contribution in [3.05, 3.63) is 51.6 Å². The van der Waals surface area contributed by atoms with E-state index < -0.39 is 6.10 Å². The topological polar surface area (TPSA) is 64.3 Å². The molecule has 2 aromatic rings. The number of nitrogen functional groups attached to an aromatic ring is 1. The van der Waals surface area contributed by atoms with Crippen molar-refractivity contribution in [3.8, 4) is 5.75 Å². The van der Waals surface area contributed by atoms with Crippen molar-refractivity contribution < 1.29 is 9.53 Å². The highest BCUT2D eigenvalue weighted by Gasteiger charge is 2.15. The molecule has 0 aromatic heterocycles. The number of nitrogens with one attached hydrogen (secondary N) is 1. The molecule has 0 saturated heterocycles. The van der Waals surface area contributed by atoms with Gasteiger partial charge in [-0.15, -0.1) is 0 Å². The van der Waals surface area contributed by atoms with Crippen LogP contribution in [0, 0.1) is 10.5 Å². The molecule has 0 aliphatic rings. The quantitative estimate of drug-likeness (QED) is 0.614. The summed E-state index contributed by atoms with van der Waals surface area (Å²) < 4.78 is 6.75. The Bertz CT molecular complexity index is 641. The fraction of sp³-hybridized carbons (Fsp3) is 0.188. The summed E-state index contributed by atoms with van der Waals surface area (Å²) in [4.78, 5) is 12.2. The first-order chi connectivity index (χ1) is 9.95. The number of hydrogen-bond donors (Lipinski definition) is 2. The third-order valence-corrected chi connectivity index (χ3v) is 3.72. The SMILES string of the molecule is Cc1cc(N)ccc1NC(=O)C(C)Oc1ccc(I)cc1. The predicted octanol–water partition coefficient (Wildman–Crippen LogP) is 3.59. The minimum Gasteiger partial charge on any atom is -0.481 e. The average Bonchev–Trinajstić information content (AvgIpc) is 2.44. The van der Waals surface area contributed by atoms with Gasteiger partial charge in [-0.1, -0.05) is 0 Å². The molecule has 0 bridgehead atoms. The lowest BCUT2D eigenvalue weighted by Crippen LogP contribution is -2.30. The molecule has 0 spiro atoms. The van der Waals surface area contributed by atoms with E-state index >= 15 is 0 Å². The van der Waals surface area contributed by atoms with E-state index in [1.165, 1.54) is 0 Å². The molecule has 4 nitrogen and oxygen atoms in total. The van der Waals surface area contributed by atoms with Gasteiger partial charge in [0.05, 0.1) is 0 Å². The number of anilines is 2. The number of benzene rings is 2. The summed E-state index contributed by atoms with van der Waals surface area (Å²) >= 11 is 2.22. The van der Waals surface area contributed by atoms with Gasteiger partial charge in [-0.25, -0.2) is 0 Å². The number of carbonyl (C=O) groups excluding carboxylic acids is 1. The minimum atomic E-state index is -0.581. The Labute approximate surface area is 137 Å². The monoisotopic (exact) mass is 396 g/mol. The van der Waals surface area contributed by atoms with Crippen LogP contribution >= 0.6 is 22.6 Å². The van der Waals surface area contributed by atoms with Crippen LogP contribution < -0.4 is 15.8 Å². The van der Waals surface area contributed by atoms with E-state index in [9.17, 15) is 4.79 Å². The van der Waals surface area contributed by atoms with Gasteiger partial charge in [0, 0.05) is 14.9 Å². The molecular weight excluding hydrogens is 379 g/mol. The van der Waals surface area contributed by atoms with E-state index in [0.717, 1.165) is 14.8 Å². The highest BCUT2D eigenvalue weighted by atomic mass is 127. The molecule has 5 heteroatoms. The van der Waals surface area contributed by atoms with Crippen LogP contribution in [0.15, 0.2) is 42.5 Å². The molecule has 0 aliphatic heterocycles. The lowest BCUT2D eigenvalue weighted by atomic mass is 10.1. The van der Waals surface area contributed by atoms with Gasteiger partial charge < -0.3 is 15.8 Å². The number of amides is 1. The van der Waals surface area contributed by atoms with Crippen LogP contribution in [0.5, 0.6) is 5.75 Å². The standard InChI is InChI=1S/C16H17IN2O2/c1-10-9-13(18)5-8-15(10)19-16(20)11(2)21-14-6-3-12(17)4-7-14/h3-9,11H,18H2,1-2H3,(H,19,20). The lowest BCUT2D eigenvalue weighted by molar-refractivity contribution is -0.122. The number of carbonyl (C=O) groups is 1. The number of aryl methyl sites for hydroxylation is 1. The zero-order chi connectivity index (χ0) is 15.4. The number of ether oxygens (including phenoxy) is 1. The summed E-state index contributed by atoms with van der Waals surface area (Å²) in [6.07, 6.45) is -0.581. The van der Waals surface area contributed by atoms with Crippen LogP contribution in [0.1, 0.15) is 12.5 Å². The molecule has 2 rings (SSSR count). The van der Waals surface area contributed by atoms with Crippen molar-refractivity contribution in [1.82, 2.24) is 0 Å². The van der Waals surface area contributed by atoms with Gasteiger partial charge in [0.15, 0.2) is 6.10 Å². The van der Waals surface area contributed by atoms with Gasteiger partial charge in [0.1, 0.15) is 5.75 Å². The summed E-state index contributed by atoms with van der Waals surface area (Å²) in [6, 6.07) is 12.9. The van der Waals surface area contributed by atoms with Crippen molar-refractivity contribution in [1.29, 1.82) is 0 Å². The van der Waals surface area contributed by atoms with Gasteiger partial charge in [0.25, 0.3) is 5.91 Å². The van der Waals surface area contributed by atoms with Gasteiger partial charge >= 0.3 is 0 Å². The first-order valence-corrected chi connectivity index (χ1v) is 7.63. The zero-order valence-corrected chi connectivity index (χ0v) is 14.0. The summed E-state index contributed by atoms with van der Waals surface area (Å²) in [6.45, 7) is 3.62. The number of hydrogen-bond acceptors (Lipinski definition) is 3. The van der Waals surface area contributed by atoms with Crippen LogP contribution in [-0.2, 0) is 4.79 Å².